The van der Waals surface area contributed by atoms with Crippen LogP contribution in [0.4, 0.5) is 9.52 Å². The van der Waals surface area contributed by atoms with Crippen LogP contribution in [0, 0.1) is 11.7 Å². The number of hydrogen-bond acceptors (Lipinski definition) is 5. The van der Waals surface area contributed by atoms with Gasteiger partial charge in [0.25, 0.3) is 0 Å². The summed E-state index contributed by atoms with van der Waals surface area (Å²) in [5, 5.41) is 5.48. The van der Waals surface area contributed by atoms with Gasteiger partial charge < -0.3 is 10.1 Å². The van der Waals surface area contributed by atoms with Gasteiger partial charge in [-0.25, -0.2) is 9.37 Å². The summed E-state index contributed by atoms with van der Waals surface area (Å²) in [6.07, 6.45) is 3.31. The predicted octanol–water partition coefficient (Wildman–Crippen LogP) is 4.31. The fourth-order valence-corrected chi connectivity index (χ4v) is 3.76. The van der Waals surface area contributed by atoms with Gasteiger partial charge >= 0.3 is 0 Å². The minimum absolute atomic E-state index is 0.0974. The highest BCUT2D eigenvalue weighted by atomic mass is 32.1. The van der Waals surface area contributed by atoms with Crippen molar-refractivity contribution in [3.05, 3.63) is 41.2 Å². The van der Waals surface area contributed by atoms with Crippen molar-refractivity contribution in [1.29, 1.82) is 0 Å². The predicted molar refractivity (Wildman–Crippen MR) is 106 cm³/mol. The zero-order valence-corrected chi connectivity index (χ0v) is 16.4. The van der Waals surface area contributed by atoms with Gasteiger partial charge in [0.2, 0.25) is 5.91 Å². The van der Waals surface area contributed by atoms with Gasteiger partial charge in [-0.1, -0.05) is 19.1 Å². The molecule has 0 spiro atoms. The monoisotopic (exact) mass is 391 g/mol. The van der Waals surface area contributed by atoms with E-state index >= 15 is 0 Å². The van der Waals surface area contributed by atoms with Crippen molar-refractivity contribution >= 4 is 22.4 Å². The number of nitrogens with zero attached hydrogens (tertiary/aromatic N) is 2. The normalized spacial score (nSPS) is 15.6. The molecule has 0 radical (unpaired) electrons. The Kier molecular flexibility index (Phi) is 7.18. The summed E-state index contributed by atoms with van der Waals surface area (Å²) in [6.45, 7) is 5.67. The van der Waals surface area contributed by atoms with E-state index in [0.717, 1.165) is 31.2 Å². The summed E-state index contributed by atoms with van der Waals surface area (Å²) >= 11 is 1.45. The van der Waals surface area contributed by atoms with E-state index in [-0.39, 0.29) is 17.5 Å². The van der Waals surface area contributed by atoms with Crippen molar-refractivity contribution in [2.75, 3.05) is 25.0 Å². The molecule has 1 fully saturated rings. The molecule has 1 aliphatic rings. The summed E-state index contributed by atoms with van der Waals surface area (Å²) in [4.78, 5) is 19.0. The molecular weight excluding hydrogens is 365 g/mol. The number of carbonyl (C=O) groups is 1. The third-order valence-electron chi connectivity index (χ3n) is 4.70. The van der Waals surface area contributed by atoms with E-state index < -0.39 is 0 Å². The van der Waals surface area contributed by atoms with Gasteiger partial charge in [0.05, 0.1) is 12.3 Å². The van der Waals surface area contributed by atoms with Crippen LogP contribution in [0.15, 0.2) is 29.6 Å². The zero-order chi connectivity index (χ0) is 19.1. The third kappa shape index (κ3) is 6.29. The van der Waals surface area contributed by atoms with Crippen LogP contribution in [0.1, 0.15) is 38.3 Å². The van der Waals surface area contributed by atoms with Crippen molar-refractivity contribution in [1.82, 2.24) is 9.88 Å². The highest BCUT2D eigenvalue weighted by molar-refractivity contribution is 7.13. The molecule has 0 unspecified atom stereocenters. The summed E-state index contributed by atoms with van der Waals surface area (Å²) in [6, 6.07) is 6.27. The number of carbonyl (C=O) groups excluding carboxylic acids is 1. The minimum Gasteiger partial charge on any atom is -0.491 e. The maximum absolute atomic E-state index is 13.4. The topological polar surface area (TPSA) is 54.5 Å². The van der Waals surface area contributed by atoms with Crippen LogP contribution in [0.25, 0.3) is 0 Å². The van der Waals surface area contributed by atoms with Crippen LogP contribution in [-0.2, 0) is 11.3 Å². The fraction of sp³-hybridized carbons (Fsp3) is 0.500. The van der Waals surface area contributed by atoms with Crippen LogP contribution >= 0.6 is 11.3 Å². The van der Waals surface area contributed by atoms with E-state index in [9.17, 15) is 9.18 Å². The summed E-state index contributed by atoms with van der Waals surface area (Å²) in [7, 11) is 0. The van der Waals surface area contributed by atoms with Gasteiger partial charge in [0.15, 0.2) is 16.7 Å². The maximum atomic E-state index is 13.4. The number of nitrogens with one attached hydrogen (secondary N) is 1. The Morgan fingerprint density at radius 3 is 2.93 bits per heavy atom. The average molecular weight is 392 g/mol. The quantitative estimate of drug-likeness (QED) is 0.681. The summed E-state index contributed by atoms with van der Waals surface area (Å²) < 4.78 is 18.8. The van der Waals surface area contributed by atoms with Crippen LogP contribution in [0.2, 0.25) is 0 Å². The minimum atomic E-state index is -0.388. The number of ether oxygens (including phenoxy) is 1. The number of hydrogen-bond donors (Lipinski definition) is 1. The number of thiazole rings is 1. The van der Waals surface area contributed by atoms with Crippen LogP contribution < -0.4 is 10.1 Å². The molecule has 2 heterocycles. The van der Waals surface area contributed by atoms with Crippen molar-refractivity contribution < 1.29 is 13.9 Å². The van der Waals surface area contributed by atoms with Crippen LogP contribution in [0.3, 0.4) is 0 Å². The molecule has 0 saturated carbocycles. The van der Waals surface area contributed by atoms with E-state index in [1.54, 1.807) is 18.2 Å². The van der Waals surface area contributed by atoms with Crippen molar-refractivity contribution in [2.45, 2.75) is 39.2 Å². The molecule has 0 aliphatic carbocycles. The molecule has 7 heteroatoms. The molecule has 1 N–H and O–H groups in total. The Bertz CT molecular complexity index is 744. The molecule has 0 atom stereocenters. The third-order valence-corrected chi connectivity index (χ3v) is 5.51. The number of amides is 1. The van der Waals surface area contributed by atoms with Gasteiger partial charge in [-0.05, 0) is 50.4 Å². The number of para-hydroxylation sites is 1. The maximum Gasteiger partial charge on any atom is 0.226 e. The number of piperidine rings is 1. The lowest BCUT2D eigenvalue weighted by Crippen LogP contribution is -2.32. The summed E-state index contributed by atoms with van der Waals surface area (Å²) in [5.41, 5.74) is 1.01. The number of rotatable bonds is 8. The average Bonchev–Trinajstić information content (AvgIpc) is 3.09. The Morgan fingerprint density at radius 1 is 1.37 bits per heavy atom. The number of halogens is 1. The fourth-order valence-electron chi connectivity index (χ4n) is 3.04. The molecule has 5 nitrogen and oxygen atoms in total. The first-order valence-electron chi connectivity index (χ1n) is 9.44. The molecule has 0 bridgehead atoms. The molecule has 3 rings (SSSR count). The second kappa shape index (κ2) is 9.80. The van der Waals surface area contributed by atoms with E-state index in [0.29, 0.717) is 24.6 Å². The van der Waals surface area contributed by atoms with Crippen molar-refractivity contribution in [3.8, 4) is 5.75 Å². The first-order chi connectivity index (χ1) is 13.1. The van der Waals surface area contributed by atoms with Crippen LogP contribution in [0.5, 0.6) is 5.75 Å². The van der Waals surface area contributed by atoms with E-state index in [1.807, 2.05) is 5.38 Å². The van der Waals surface area contributed by atoms with Gasteiger partial charge in [0, 0.05) is 18.3 Å². The number of benzene rings is 1. The zero-order valence-electron chi connectivity index (χ0n) is 15.6. The molecule has 1 saturated heterocycles. The van der Waals surface area contributed by atoms with Crippen LogP contribution in [-0.4, -0.2) is 35.5 Å². The highest BCUT2D eigenvalue weighted by Gasteiger charge is 2.17. The van der Waals surface area contributed by atoms with Gasteiger partial charge in [-0.3, -0.25) is 9.69 Å². The lowest BCUT2D eigenvalue weighted by Gasteiger charge is -2.29. The smallest absolute Gasteiger partial charge is 0.226 e. The molecule has 1 aromatic heterocycles. The SMILES string of the molecule is CC1CCN(Cc2csc(NC(=O)CCCOc3ccccc3F)n2)CC1. The largest absolute Gasteiger partial charge is 0.491 e. The molecule has 1 aromatic carbocycles. The second-order valence-electron chi connectivity index (χ2n) is 7.03. The Balaban J connectivity index is 1.36. The Labute approximate surface area is 163 Å². The van der Waals surface area contributed by atoms with Gasteiger partial charge in [-0.2, -0.15) is 0 Å². The van der Waals surface area contributed by atoms with Crippen molar-refractivity contribution in [2.24, 2.45) is 5.92 Å². The van der Waals surface area contributed by atoms with E-state index in [4.69, 9.17) is 4.74 Å². The number of aromatic nitrogens is 1. The lowest BCUT2D eigenvalue weighted by molar-refractivity contribution is -0.116. The molecule has 27 heavy (non-hydrogen) atoms. The lowest BCUT2D eigenvalue weighted by atomic mass is 9.99. The standard InChI is InChI=1S/C20H26FN3O2S/c1-15-8-10-24(11-9-15)13-16-14-27-20(22-16)23-19(25)7-4-12-26-18-6-3-2-5-17(18)21/h2-3,5-6,14-15H,4,7-13H2,1H3,(H,22,23,25). The summed E-state index contributed by atoms with van der Waals surface area (Å²) in [5.74, 6) is 0.545. The number of likely N-dealkylation sites (tertiary alicyclic amines) is 1. The Hall–Kier alpha value is -1.99. The number of anilines is 1. The second-order valence-corrected chi connectivity index (χ2v) is 7.89. The molecule has 1 aliphatic heterocycles. The van der Waals surface area contributed by atoms with E-state index in [1.165, 1.54) is 30.2 Å². The molecule has 146 valence electrons. The van der Waals surface area contributed by atoms with Crippen molar-refractivity contribution in [3.63, 3.8) is 0 Å². The molecule has 1 amide bonds. The highest BCUT2D eigenvalue weighted by Crippen LogP contribution is 2.21. The molecule has 2 aromatic rings. The first-order valence-corrected chi connectivity index (χ1v) is 10.3. The van der Waals surface area contributed by atoms with E-state index in [2.05, 4.69) is 22.1 Å². The Morgan fingerprint density at radius 2 is 2.15 bits per heavy atom. The first kappa shape index (κ1) is 19.8. The van der Waals surface area contributed by atoms with Gasteiger partial charge in [0.1, 0.15) is 0 Å². The molecular formula is C20H26FN3O2S. The van der Waals surface area contributed by atoms with Gasteiger partial charge in [-0.15, -0.1) is 11.3 Å².